The average Bonchev–Trinajstić information content (AvgIpc) is 2.27. The van der Waals surface area contributed by atoms with Gasteiger partial charge in [-0.05, 0) is 32.0 Å². The van der Waals surface area contributed by atoms with E-state index >= 15 is 0 Å². The van der Waals surface area contributed by atoms with Crippen molar-refractivity contribution >= 4 is 41.6 Å². The van der Waals surface area contributed by atoms with Gasteiger partial charge in [-0.2, -0.15) is 0 Å². The first-order valence-corrected chi connectivity index (χ1v) is 5.32. The van der Waals surface area contributed by atoms with Gasteiger partial charge in [0.1, 0.15) is 0 Å². The number of benzene rings is 1. The van der Waals surface area contributed by atoms with Crippen LogP contribution >= 0.6 is 24.8 Å². The van der Waals surface area contributed by atoms with Gasteiger partial charge in [-0.25, -0.2) is 0 Å². The lowest BCUT2D eigenvalue weighted by Gasteiger charge is -2.08. The number of carbonyl (C=O) groups is 1. The number of halogens is 2. The maximum absolute atomic E-state index is 11.8. The molecule has 0 saturated carbocycles. The Labute approximate surface area is 119 Å². The molecule has 98 valence electrons. The van der Waals surface area contributed by atoms with Crippen LogP contribution in [0.2, 0.25) is 0 Å². The number of amides is 1. The van der Waals surface area contributed by atoms with E-state index in [4.69, 9.17) is 0 Å². The van der Waals surface area contributed by atoms with E-state index in [0.29, 0.717) is 5.56 Å². The molecule has 3 nitrogen and oxygen atoms in total. The number of carbonyl (C=O) groups excluding carboxylic acids is 1. The largest absolute Gasteiger partial charge is 0.350 e. The number of aromatic nitrogens is 1. The molecule has 0 aliphatic heterocycles. The van der Waals surface area contributed by atoms with E-state index in [-0.39, 0.29) is 36.8 Å². The molecule has 0 saturated heterocycles. The fraction of sp³-hybridized carbons (Fsp3) is 0.231. The summed E-state index contributed by atoms with van der Waals surface area (Å²) in [6.45, 7) is 3.88. The predicted octanol–water partition coefficient (Wildman–Crippen LogP) is 3.22. The summed E-state index contributed by atoms with van der Waals surface area (Å²) in [6.07, 6.45) is 1.73. The third-order valence-electron chi connectivity index (χ3n) is 2.29. The molecule has 5 heteroatoms. The smallest absolute Gasteiger partial charge is 0.251 e. The third kappa shape index (κ3) is 3.86. The summed E-state index contributed by atoms with van der Waals surface area (Å²) >= 11 is 0. The Balaban J connectivity index is 0.00000144. The highest BCUT2D eigenvalue weighted by Gasteiger charge is 2.07. The number of nitrogens with one attached hydrogen (secondary N) is 1. The molecule has 0 radical (unpaired) electrons. The normalized spacial score (nSPS) is 9.50. The Hall–Kier alpha value is -1.32. The van der Waals surface area contributed by atoms with Crippen LogP contribution in [-0.2, 0) is 0 Å². The molecule has 0 spiro atoms. The fourth-order valence-electron chi connectivity index (χ4n) is 1.55. The summed E-state index contributed by atoms with van der Waals surface area (Å²) in [4.78, 5) is 16.0. The first-order valence-electron chi connectivity index (χ1n) is 5.32. The van der Waals surface area contributed by atoms with E-state index in [2.05, 4.69) is 10.3 Å². The van der Waals surface area contributed by atoms with E-state index in [1.165, 1.54) is 0 Å². The van der Waals surface area contributed by atoms with Gasteiger partial charge in [0.15, 0.2) is 0 Å². The molecule has 0 aliphatic rings. The van der Waals surface area contributed by atoms with Crippen molar-refractivity contribution in [3.63, 3.8) is 0 Å². The molecule has 0 fully saturated rings. The van der Waals surface area contributed by atoms with Crippen molar-refractivity contribution < 1.29 is 4.79 Å². The van der Waals surface area contributed by atoms with Crippen molar-refractivity contribution in [2.45, 2.75) is 19.9 Å². The Morgan fingerprint density at radius 1 is 1.22 bits per heavy atom. The summed E-state index contributed by atoms with van der Waals surface area (Å²) in [5, 5.41) is 3.90. The van der Waals surface area contributed by atoms with Crippen LogP contribution in [0.25, 0.3) is 10.9 Å². The van der Waals surface area contributed by atoms with Crippen LogP contribution in [0.15, 0.2) is 36.5 Å². The molecule has 18 heavy (non-hydrogen) atoms. The van der Waals surface area contributed by atoms with Crippen LogP contribution in [-0.4, -0.2) is 16.9 Å². The number of hydrogen-bond donors (Lipinski definition) is 1. The first kappa shape index (κ1) is 16.7. The van der Waals surface area contributed by atoms with Crippen molar-refractivity contribution in [1.82, 2.24) is 10.3 Å². The second kappa shape index (κ2) is 7.19. The molecule has 1 amide bonds. The highest BCUT2D eigenvalue weighted by Crippen LogP contribution is 2.13. The highest BCUT2D eigenvalue weighted by molar-refractivity contribution is 5.97. The standard InChI is InChI=1S/C13H14N2O.2ClH/c1-9(2)15-13(16)11-6-5-10-4-3-7-14-12(10)8-11;;/h3-9H,1-2H3,(H,15,16);2*1H. The van der Waals surface area contributed by atoms with E-state index in [0.717, 1.165) is 10.9 Å². The first-order chi connectivity index (χ1) is 7.66. The fourth-order valence-corrected chi connectivity index (χ4v) is 1.55. The van der Waals surface area contributed by atoms with Gasteiger partial charge >= 0.3 is 0 Å². The lowest BCUT2D eigenvalue weighted by atomic mass is 10.1. The van der Waals surface area contributed by atoms with Crippen molar-refractivity contribution in [3.8, 4) is 0 Å². The van der Waals surface area contributed by atoms with Crippen molar-refractivity contribution in [3.05, 3.63) is 42.1 Å². The molecule has 0 unspecified atom stereocenters. The summed E-state index contributed by atoms with van der Waals surface area (Å²) in [6, 6.07) is 9.56. The van der Waals surface area contributed by atoms with Crippen LogP contribution in [0, 0.1) is 0 Å². The molecule has 1 N–H and O–H groups in total. The topological polar surface area (TPSA) is 42.0 Å². The third-order valence-corrected chi connectivity index (χ3v) is 2.29. The van der Waals surface area contributed by atoms with Crippen LogP contribution in [0.5, 0.6) is 0 Å². The van der Waals surface area contributed by atoms with E-state index in [1.54, 1.807) is 6.20 Å². The second-order valence-corrected chi connectivity index (χ2v) is 4.04. The molecule has 0 bridgehead atoms. The van der Waals surface area contributed by atoms with Gasteiger partial charge < -0.3 is 5.32 Å². The Kier molecular flexibility index (Phi) is 6.66. The van der Waals surface area contributed by atoms with Gasteiger partial charge in [0.05, 0.1) is 5.52 Å². The van der Waals surface area contributed by atoms with Crippen LogP contribution in [0.4, 0.5) is 0 Å². The second-order valence-electron chi connectivity index (χ2n) is 4.04. The zero-order chi connectivity index (χ0) is 11.5. The summed E-state index contributed by atoms with van der Waals surface area (Å²) in [5.74, 6) is -0.0532. The molecule has 1 heterocycles. The summed E-state index contributed by atoms with van der Waals surface area (Å²) in [5.41, 5.74) is 1.50. The summed E-state index contributed by atoms with van der Waals surface area (Å²) < 4.78 is 0. The SMILES string of the molecule is CC(C)NC(=O)c1ccc2cccnc2c1.Cl.Cl. The van der Waals surface area contributed by atoms with Crippen molar-refractivity contribution in [2.75, 3.05) is 0 Å². The quantitative estimate of drug-likeness (QED) is 0.921. The molecular weight excluding hydrogens is 271 g/mol. The molecule has 1 aromatic carbocycles. The minimum atomic E-state index is -0.0532. The van der Waals surface area contributed by atoms with Crippen LogP contribution < -0.4 is 5.32 Å². The minimum Gasteiger partial charge on any atom is -0.350 e. The maximum atomic E-state index is 11.8. The van der Waals surface area contributed by atoms with E-state index < -0.39 is 0 Å². The summed E-state index contributed by atoms with van der Waals surface area (Å²) in [7, 11) is 0. The number of nitrogens with zero attached hydrogens (tertiary/aromatic N) is 1. The minimum absolute atomic E-state index is 0. The van der Waals surface area contributed by atoms with Gasteiger partial charge in [0.2, 0.25) is 0 Å². The average molecular weight is 287 g/mol. The van der Waals surface area contributed by atoms with Crippen molar-refractivity contribution in [1.29, 1.82) is 0 Å². The van der Waals surface area contributed by atoms with E-state index in [9.17, 15) is 4.79 Å². The van der Waals surface area contributed by atoms with Crippen LogP contribution in [0.1, 0.15) is 24.2 Å². The number of fused-ring (bicyclic) bond motifs is 1. The molecule has 0 atom stereocenters. The number of hydrogen-bond acceptors (Lipinski definition) is 2. The lowest BCUT2D eigenvalue weighted by Crippen LogP contribution is -2.29. The van der Waals surface area contributed by atoms with Crippen LogP contribution in [0.3, 0.4) is 0 Å². The highest BCUT2D eigenvalue weighted by atomic mass is 35.5. The number of rotatable bonds is 2. The lowest BCUT2D eigenvalue weighted by molar-refractivity contribution is 0.0943. The number of pyridine rings is 1. The van der Waals surface area contributed by atoms with Gasteiger partial charge in [-0.15, -0.1) is 24.8 Å². The zero-order valence-electron chi connectivity index (χ0n) is 10.2. The molecule has 2 aromatic rings. The van der Waals surface area contributed by atoms with Gasteiger partial charge in [-0.3, -0.25) is 9.78 Å². The van der Waals surface area contributed by atoms with Crippen molar-refractivity contribution in [2.24, 2.45) is 0 Å². The predicted molar refractivity (Wildman–Crippen MR) is 78.8 cm³/mol. The monoisotopic (exact) mass is 286 g/mol. The van der Waals surface area contributed by atoms with Gasteiger partial charge in [0, 0.05) is 23.2 Å². The molecule has 1 aromatic heterocycles. The van der Waals surface area contributed by atoms with Gasteiger partial charge in [-0.1, -0.05) is 12.1 Å². The Morgan fingerprint density at radius 3 is 2.61 bits per heavy atom. The van der Waals surface area contributed by atoms with E-state index in [1.807, 2.05) is 44.2 Å². The Morgan fingerprint density at radius 2 is 1.94 bits per heavy atom. The molecule has 0 aliphatic carbocycles. The maximum Gasteiger partial charge on any atom is 0.251 e. The Bertz CT molecular complexity index is 529. The van der Waals surface area contributed by atoms with Gasteiger partial charge in [0.25, 0.3) is 5.91 Å². The molecular formula is C13H16Cl2N2O. The zero-order valence-corrected chi connectivity index (χ0v) is 11.8. The molecule has 2 rings (SSSR count).